The smallest absolute Gasteiger partial charge is 0.341 e. The first kappa shape index (κ1) is 19.2. The van der Waals surface area contributed by atoms with E-state index in [0.717, 1.165) is 44.1 Å². The summed E-state index contributed by atoms with van der Waals surface area (Å²) in [5, 5.41) is 3.78. The second-order valence-electron chi connectivity index (χ2n) is 7.75. The Morgan fingerprint density at radius 2 is 1.93 bits per heavy atom. The lowest BCUT2D eigenvalue weighted by atomic mass is 10.1. The van der Waals surface area contributed by atoms with Crippen molar-refractivity contribution in [1.29, 1.82) is 0 Å². The van der Waals surface area contributed by atoms with Crippen LogP contribution in [0, 0.1) is 5.92 Å². The Labute approximate surface area is 170 Å². The van der Waals surface area contributed by atoms with Crippen molar-refractivity contribution in [3.63, 3.8) is 0 Å². The van der Waals surface area contributed by atoms with Crippen LogP contribution < -0.4 is 5.32 Å². The van der Waals surface area contributed by atoms with Crippen molar-refractivity contribution >= 4 is 28.2 Å². The molecule has 1 N–H and O–H groups in total. The standard InChI is InChI=1S/C23H27NO3S/c1-2-13-27-23(26)20-16-11-7-4-8-12-19(16)28-22(20)24-21(25)18-14-17(18)15-9-5-3-6-10-15/h3,5-6,9-10,17-18H,2,4,7-8,11-14H2,1H3,(H,24,25)/t17-,18-/m0/s1. The normalized spacial score (nSPS) is 20.8. The molecule has 2 atom stereocenters. The minimum atomic E-state index is -0.285. The number of rotatable bonds is 6. The number of nitrogens with one attached hydrogen (secondary N) is 1. The predicted octanol–water partition coefficient (Wildman–Crippen LogP) is 5.33. The molecule has 1 fully saturated rings. The molecule has 1 aromatic heterocycles. The Morgan fingerprint density at radius 1 is 1.14 bits per heavy atom. The SMILES string of the molecule is CCCOC(=O)c1c(NC(=O)[C@H]2C[C@H]2c2ccccc2)sc2c1CCCCC2. The zero-order valence-corrected chi connectivity index (χ0v) is 17.1. The zero-order valence-electron chi connectivity index (χ0n) is 16.3. The number of amides is 1. The molecule has 2 aliphatic rings. The number of aryl methyl sites for hydroxylation is 1. The van der Waals surface area contributed by atoms with E-state index >= 15 is 0 Å². The first-order valence-electron chi connectivity index (χ1n) is 10.4. The molecule has 1 saturated carbocycles. The molecule has 1 heterocycles. The third-order valence-corrected chi connectivity index (χ3v) is 6.86. The van der Waals surface area contributed by atoms with Gasteiger partial charge in [0.2, 0.25) is 5.91 Å². The van der Waals surface area contributed by atoms with Crippen LogP contribution in [0.4, 0.5) is 5.00 Å². The van der Waals surface area contributed by atoms with Crippen LogP contribution >= 0.6 is 11.3 Å². The Morgan fingerprint density at radius 3 is 2.71 bits per heavy atom. The minimum absolute atomic E-state index is 0.0104. The van der Waals surface area contributed by atoms with E-state index in [4.69, 9.17) is 4.74 Å². The summed E-state index contributed by atoms with van der Waals surface area (Å²) >= 11 is 1.57. The number of fused-ring (bicyclic) bond motifs is 1. The fourth-order valence-electron chi connectivity index (χ4n) is 4.07. The van der Waals surface area contributed by atoms with E-state index < -0.39 is 0 Å². The number of benzene rings is 1. The second kappa shape index (κ2) is 8.48. The molecule has 0 radical (unpaired) electrons. The predicted molar refractivity (Wildman–Crippen MR) is 112 cm³/mol. The molecule has 0 saturated heterocycles. The topological polar surface area (TPSA) is 55.4 Å². The zero-order chi connectivity index (χ0) is 19.5. The quantitative estimate of drug-likeness (QED) is 0.530. The highest BCUT2D eigenvalue weighted by molar-refractivity contribution is 7.17. The summed E-state index contributed by atoms with van der Waals surface area (Å²) in [5.41, 5.74) is 2.93. The summed E-state index contributed by atoms with van der Waals surface area (Å²) in [6.07, 6.45) is 6.96. The average Bonchev–Trinajstić information content (AvgIpc) is 3.48. The maximum Gasteiger partial charge on any atom is 0.341 e. The molecule has 0 unspecified atom stereocenters. The highest BCUT2D eigenvalue weighted by Gasteiger charge is 2.44. The number of hydrogen-bond donors (Lipinski definition) is 1. The fourth-order valence-corrected chi connectivity index (χ4v) is 5.35. The molecule has 0 bridgehead atoms. The summed E-state index contributed by atoms with van der Waals surface area (Å²) < 4.78 is 5.45. The van der Waals surface area contributed by atoms with Crippen LogP contribution in [0.25, 0.3) is 0 Å². The van der Waals surface area contributed by atoms with Gasteiger partial charge in [0.15, 0.2) is 0 Å². The number of ether oxygens (including phenoxy) is 1. The fraction of sp³-hybridized carbons (Fsp3) is 0.478. The average molecular weight is 398 g/mol. The van der Waals surface area contributed by atoms with Crippen molar-refractivity contribution in [3.05, 3.63) is 51.9 Å². The highest BCUT2D eigenvalue weighted by Crippen LogP contribution is 2.48. The third kappa shape index (κ3) is 4.00. The molecule has 2 aliphatic carbocycles. The van der Waals surface area contributed by atoms with Crippen LogP contribution in [0.1, 0.15) is 71.3 Å². The van der Waals surface area contributed by atoms with E-state index in [1.807, 2.05) is 25.1 Å². The molecule has 2 aromatic rings. The maximum atomic E-state index is 12.9. The van der Waals surface area contributed by atoms with Gasteiger partial charge in [0, 0.05) is 10.8 Å². The molecule has 4 nitrogen and oxygen atoms in total. The van der Waals surface area contributed by atoms with Gasteiger partial charge in [-0.1, -0.05) is 43.7 Å². The van der Waals surface area contributed by atoms with Gasteiger partial charge in [0.05, 0.1) is 12.2 Å². The number of esters is 1. The molecule has 5 heteroatoms. The Kier molecular flexibility index (Phi) is 5.81. The van der Waals surface area contributed by atoms with Gasteiger partial charge in [-0.15, -0.1) is 11.3 Å². The minimum Gasteiger partial charge on any atom is -0.462 e. The molecule has 1 amide bonds. The Hall–Kier alpha value is -2.14. The van der Waals surface area contributed by atoms with E-state index in [-0.39, 0.29) is 23.7 Å². The van der Waals surface area contributed by atoms with Gasteiger partial charge in [0.25, 0.3) is 0 Å². The monoisotopic (exact) mass is 397 g/mol. The van der Waals surface area contributed by atoms with E-state index in [1.54, 1.807) is 11.3 Å². The molecular formula is C23H27NO3S. The lowest BCUT2D eigenvalue weighted by Gasteiger charge is -2.09. The van der Waals surface area contributed by atoms with Gasteiger partial charge in [-0.2, -0.15) is 0 Å². The number of anilines is 1. The van der Waals surface area contributed by atoms with Crippen molar-refractivity contribution in [1.82, 2.24) is 0 Å². The summed E-state index contributed by atoms with van der Waals surface area (Å²) in [6.45, 7) is 2.40. The van der Waals surface area contributed by atoms with Gasteiger partial charge in [-0.05, 0) is 55.6 Å². The molecule has 0 aliphatic heterocycles. The van der Waals surface area contributed by atoms with Crippen molar-refractivity contribution in [2.24, 2.45) is 5.92 Å². The van der Waals surface area contributed by atoms with Crippen LogP contribution in [-0.4, -0.2) is 18.5 Å². The van der Waals surface area contributed by atoms with Crippen LogP contribution in [0.2, 0.25) is 0 Å². The number of carbonyl (C=O) groups excluding carboxylic acids is 2. The summed E-state index contributed by atoms with van der Waals surface area (Å²) in [6, 6.07) is 10.2. The highest BCUT2D eigenvalue weighted by atomic mass is 32.1. The van der Waals surface area contributed by atoms with E-state index in [1.165, 1.54) is 16.9 Å². The van der Waals surface area contributed by atoms with Gasteiger partial charge < -0.3 is 10.1 Å². The van der Waals surface area contributed by atoms with E-state index in [2.05, 4.69) is 17.4 Å². The van der Waals surface area contributed by atoms with Crippen LogP contribution in [-0.2, 0) is 22.4 Å². The number of thiophene rings is 1. The van der Waals surface area contributed by atoms with Gasteiger partial charge in [-0.25, -0.2) is 4.79 Å². The molecule has 0 spiro atoms. The summed E-state index contributed by atoms with van der Waals surface area (Å²) in [4.78, 5) is 26.9. The number of carbonyl (C=O) groups is 2. The first-order valence-corrected chi connectivity index (χ1v) is 11.2. The van der Waals surface area contributed by atoms with Crippen molar-refractivity contribution in [3.8, 4) is 0 Å². The summed E-state index contributed by atoms with van der Waals surface area (Å²) in [5.74, 6) is 0.0139. The van der Waals surface area contributed by atoms with Crippen molar-refractivity contribution in [2.45, 2.75) is 57.8 Å². The first-order chi connectivity index (χ1) is 13.7. The largest absolute Gasteiger partial charge is 0.462 e. The van der Waals surface area contributed by atoms with Crippen LogP contribution in [0.5, 0.6) is 0 Å². The number of hydrogen-bond acceptors (Lipinski definition) is 4. The van der Waals surface area contributed by atoms with Gasteiger partial charge in [-0.3, -0.25) is 4.79 Å². The third-order valence-electron chi connectivity index (χ3n) is 5.65. The molecule has 4 rings (SSSR count). The molecular weight excluding hydrogens is 370 g/mol. The Bertz CT molecular complexity index is 858. The van der Waals surface area contributed by atoms with Gasteiger partial charge >= 0.3 is 5.97 Å². The van der Waals surface area contributed by atoms with Crippen LogP contribution in [0.3, 0.4) is 0 Å². The Balaban J connectivity index is 1.54. The van der Waals surface area contributed by atoms with E-state index in [9.17, 15) is 9.59 Å². The van der Waals surface area contributed by atoms with Crippen molar-refractivity contribution < 1.29 is 14.3 Å². The maximum absolute atomic E-state index is 12.9. The summed E-state index contributed by atoms with van der Waals surface area (Å²) in [7, 11) is 0. The molecule has 1 aromatic carbocycles. The lowest BCUT2D eigenvalue weighted by molar-refractivity contribution is -0.117. The molecule has 28 heavy (non-hydrogen) atoms. The lowest BCUT2D eigenvalue weighted by Crippen LogP contribution is -2.17. The van der Waals surface area contributed by atoms with Crippen molar-refractivity contribution in [2.75, 3.05) is 11.9 Å². The van der Waals surface area contributed by atoms with Crippen LogP contribution in [0.15, 0.2) is 30.3 Å². The second-order valence-corrected chi connectivity index (χ2v) is 8.86. The van der Waals surface area contributed by atoms with E-state index in [0.29, 0.717) is 17.2 Å². The molecule has 148 valence electrons. The van der Waals surface area contributed by atoms with Gasteiger partial charge in [0.1, 0.15) is 5.00 Å².